The van der Waals surface area contributed by atoms with Crippen LogP contribution in [0.25, 0.3) is 0 Å². The van der Waals surface area contributed by atoms with Crippen molar-refractivity contribution in [2.75, 3.05) is 5.32 Å². The van der Waals surface area contributed by atoms with Crippen molar-refractivity contribution in [3.8, 4) is 0 Å². The minimum absolute atomic E-state index is 0.164. The van der Waals surface area contributed by atoms with Crippen LogP contribution in [0.1, 0.15) is 16.1 Å². The third kappa shape index (κ3) is 3.40. The smallest absolute Gasteiger partial charge is 0.339 e. The molecule has 0 aliphatic heterocycles. The highest BCUT2D eigenvalue weighted by Crippen LogP contribution is 2.34. The van der Waals surface area contributed by atoms with Gasteiger partial charge in [-0.3, -0.25) is 0 Å². The maximum Gasteiger partial charge on any atom is 0.339 e. The molecular formula is C12H8Br3NO3. The van der Waals surface area contributed by atoms with Crippen LogP contribution in [-0.4, -0.2) is 11.1 Å². The molecule has 0 amide bonds. The first-order valence-corrected chi connectivity index (χ1v) is 7.55. The standard InChI is InChI=1S/C12H8Br3NO3/c13-6-3-8(14)11(9(15)4-6)16-5-10-7(12(17)18)1-2-19-10/h1-4,16H,5H2,(H,17,18). The van der Waals surface area contributed by atoms with Crippen molar-refractivity contribution >= 4 is 59.4 Å². The lowest BCUT2D eigenvalue weighted by atomic mass is 10.2. The molecule has 0 aliphatic carbocycles. The van der Waals surface area contributed by atoms with Crippen molar-refractivity contribution < 1.29 is 14.3 Å². The van der Waals surface area contributed by atoms with Gasteiger partial charge in [0.2, 0.25) is 0 Å². The molecule has 100 valence electrons. The van der Waals surface area contributed by atoms with Gasteiger partial charge in [-0.15, -0.1) is 0 Å². The van der Waals surface area contributed by atoms with Gasteiger partial charge in [-0.25, -0.2) is 4.79 Å². The van der Waals surface area contributed by atoms with Crippen LogP contribution in [0.5, 0.6) is 0 Å². The van der Waals surface area contributed by atoms with Crippen molar-refractivity contribution in [2.24, 2.45) is 0 Å². The fourth-order valence-corrected chi connectivity index (χ4v) is 4.09. The summed E-state index contributed by atoms with van der Waals surface area (Å²) in [6.45, 7) is 0.285. The molecule has 0 fully saturated rings. The Hall–Kier alpha value is -0.790. The zero-order chi connectivity index (χ0) is 14.0. The van der Waals surface area contributed by atoms with Crippen LogP contribution in [0.4, 0.5) is 5.69 Å². The largest absolute Gasteiger partial charge is 0.478 e. The molecule has 0 saturated carbocycles. The molecule has 1 aromatic carbocycles. The van der Waals surface area contributed by atoms with Crippen molar-refractivity contribution in [2.45, 2.75) is 6.54 Å². The molecule has 4 nitrogen and oxygen atoms in total. The maximum atomic E-state index is 11.0. The second kappa shape index (κ2) is 6.11. The number of carboxylic acids is 1. The Kier molecular flexibility index (Phi) is 4.70. The van der Waals surface area contributed by atoms with Crippen LogP contribution >= 0.6 is 47.8 Å². The van der Waals surface area contributed by atoms with Crippen LogP contribution < -0.4 is 5.32 Å². The van der Waals surface area contributed by atoms with E-state index in [2.05, 4.69) is 53.1 Å². The number of hydrogen-bond acceptors (Lipinski definition) is 3. The van der Waals surface area contributed by atoms with Crippen molar-refractivity contribution in [1.29, 1.82) is 0 Å². The number of carbonyl (C=O) groups is 1. The molecule has 1 heterocycles. The quantitative estimate of drug-likeness (QED) is 0.692. The Morgan fingerprint density at radius 2 is 1.89 bits per heavy atom. The van der Waals surface area contributed by atoms with Gasteiger partial charge in [-0.1, -0.05) is 15.9 Å². The van der Waals surface area contributed by atoms with Gasteiger partial charge in [0.15, 0.2) is 0 Å². The molecule has 2 aromatic rings. The van der Waals surface area contributed by atoms with Crippen LogP contribution in [-0.2, 0) is 6.54 Å². The fraction of sp³-hybridized carbons (Fsp3) is 0.0833. The second-order valence-electron chi connectivity index (χ2n) is 3.66. The second-order valence-corrected chi connectivity index (χ2v) is 6.28. The monoisotopic (exact) mass is 451 g/mol. The third-order valence-electron chi connectivity index (χ3n) is 2.41. The molecule has 0 spiro atoms. The first kappa shape index (κ1) is 14.6. The molecule has 0 aliphatic rings. The first-order valence-electron chi connectivity index (χ1n) is 5.17. The molecule has 0 atom stereocenters. The number of halogens is 3. The topological polar surface area (TPSA) is 62.5 Å². The van der Waals surface area contributed by atoms with Crippen molar-refractivity contribution in [3.05, 3.63) is 49.2 Å². The number of anilines is 1. The summed E-state index contributed by atoms with van der Waals surface area (Å²) >= 11 is 10.3. The molecular weight excluding hydrogens is 446 g/mol. The lowest BCUT2D eigenvalue weighted by molar-refractivity contribution is 0.0694. The average Bonchev–Trinajstić information content (AvgIpc) is 2.75. The number of rotatable bonds is 4. The van der Waals surface area contributed by atoms with E-state index in [1.807, 2.05) is 12.1 Å². The van der Waals surface area contributed by atoms with Gasteiger partial charge in [0.25, 0.3) is 0 Å². The average molecular weight is 454 g/mol. The van der Waals surface area contributed by atoms with Gasteiger partial charge in [0.1, 0.15) is 11.3 Å². The summed E-state index contributed by atoms with van der Waals surface area (Å²) in [5, 5.41) is 12.1. The van der Waals surface area contributed by atoms with E-state index < -0.39 is 5.97 Å². The normalized spacial score (nSPS) is 10.5. The molecule has 2 N–H and O–H groups in total. The van der Waals surface area contributed by atoms with E-state index in [1.165, 1.54) is 12.3 Å². The highest BCUT2D eigenvalue weighted by Gasteiger charge is 2.14. The van der Waals surface area contributed by atoms with Gasteiger partial charge < -0.3 is 14.8 Å². The molecule has 0 saturated heterocycles. The molecule has 19 heavy (non-hydrogen) atoms. The molecule has 0 bridgehead atoms. The van der Waals surface area contributed by atoms with Gasteiger partial charge in [-0.05, 0) is 50.1 Å². The highest BCUT2D eigenvalue weighted by atomic mass is 79.9. The van der Waals surface area contributed by atoms with E-state index in [9.17, 15) is 4.79 Å². The van der Waals surface area contributed by atoms with Gasteiger partial charge in [-0.2, -0.15) is 0 Å². The van der Waals surface area contributed by atoms with Gasteiger partial charge in [0, 0.05) is 13.4 Å². The Labute approximate surface area is 134 Å². The Morgan fingerprint density at radius 1 is 1.26 bits per heavy atom. The summed E-state index contributed by atoms with van der Waals surface area (Å²) in [7, 11) is 0. The lowest BCUT2D eigenvalue weighted by Gasteiger charge is -2.10. The van der Waals surface area contributed by atoms with Crippen LogP contribution in [0.15, 0.2) is 42.3 Å². The molecule has 0 radical (unpaired) electrons. The van der Waals surface area contributed by atoms with E-state index >= 15 is 0 Å². The molecule has 7 heteroatoms. The van der Waals surface area contributed by atoms with E-state index in [0.29, 0.717) is 5.76 Å². The van der Waals surface area contributed by atoms with Crippen LogP contribution in [0.3, 0.4) is 0 Å². The highest BCUT2D eigenvalue weighted by molar-refractivity contribution is 9.11. The Morgan fingerprint density at radius 3 is 2.47 bits per heavy atom. The Balaban J connectivity index is 2.19. The third-order valence-corrected chi connectivity index (χ3v) is 4.12. The number of nitrogens with one attached hydrogen (secondary N) is 1. The molecule has 0 unspecified atom stereocenters. The minimum atomic E-state index is -1.00. The van der Waals surface area contributed by atoms with E-state index in [0.717, 1.165) is 19.1 Å². The summed E-state index contributed by atoms with van der Waals surface area (Å²) in [5.74, 6) is -0.617. The number of furan rings is 1. The van der Waals surface area contributed by atoms with Crippen LogP contribution in [0, 0.1) is 0 Å². The summed E-state index contributed by atoms with van der Waals surface area (Å²) in [4.78, 5) is 11.0. The number of carboxylic acid groups (broad SMARTS) is 1. The zero-order valence-electron chi connectivity index (χ0n) is 9.41. The van der Waals surface area contributed by atoms with Gasteiger partial charge in [0.05, 0.1) is 18.5 Å². The Bertz CT molecular complexity index is 601. The van der Waals surface area contributed by atoms with E-state index in [1.54, 1.807) is 0 Å². The SMILES string of the molecule is O=C(O)c1ccoc1CNc1c(Br)cc(Br)cc1Br. The predicted octanol–water partition coefficient (Wildman–Crippen LogP) is 4.88. The first-order chi connectivity index (χ1) is 8.99. The fourth-order valence-electron chi connectivity index (χ4n) is 1.55. The lowest BCUT2D eigenvalue weighted by Crippen LogP contribution is -2.05. The minimum Gasteiger partial charge on any atom is -0.478 e. The maximum absolute atomic E-state index is 11.0. The molecule has 1 aromatic heterocycles. The predicted molar refractivity (Wildman–Crippen MR) is 82.5 cm³/mol. The van der Waals surface area contributed by atoms with Crippen molar-refractivity contribution in [3.63, 3.8) is 0 Å². The number of benzene rings is 1. The van der Waals surface area contributed by atoms with Gasteiger partial charge >= 0.3 is 5.97 Å². The van der Waals surface area contributed by atoms with E-state index in [-0.39, 0.29) is 12.1 Å². The number of hydrogen-bond donors (Lipinski definition) is 2. The molecule has 2 rings (SSSR count). The summed E-state index contributed by atoms with van der Waals surface area (Å²) in [5.41, 5.74) is 0.993. The zero-order valence-corrected chi connectivity index (χ0v) is 14.2. The summed E-state index contributed by atoms with van der Waals surface area (Å²) < 4.78 is 7.82. The van der Waals surface area contributed by atoms with Crippen molar-refractivity contribution in [1.82, 2.24) is 0 Å². The number of aromatic carboxylic acids is 1. The summed E-state index contributed by atoms with van der Waals surface area (Å²) in [6, 6.07) is 5.23. The summed E-state index contributed by atoms with van der Waals surface area (Å²) in [6.07, 6.45) is 1.37. The van der Waals surface area contributed by atoms with Crippen LogP contribution in [0.2, 0.25) is 0 Å². The van der Waals surface area contributed by atoms with E-state index in [4.69, 9.17) is 9.52 Å².